The molecule has 1 N–H and O–H groups in total. The summed E-state index contributed by atoms with van der Waals surface area (Å²) in [4.78, 5) is 4.51. The average Bonchev–Trinajstić information content (AvgIpc) is 3.17. The number of aromatic nitrogens is 1. The molecule has 4 heteroatoms. The predicted molar refractivity (Wildman–Crippen MR) is 96.0 cm³/mol. The van der Waals surface area contributed by atoms with E-state index in [0.29, 0.717) is 5.92 Å². The van der Waals surface area contributed by atoms with Crippen LogP contribution in [0.25, 0.3) is 10.9 Å². The quantitative estimate of drug-likeness (QED) is 0.764. The average molecular weight is 320 g/mol. The standard InChI is InChI=1S/C20H20N2O2/c1-21-16-3-5-17(6-4-16)24-20-8-10-22-19-12-14(2-7-18(19)20)15-9-11-23-13-15/h2-8,10,12,15,21H,9,11,13H2,1H3/t15-/m1/s1. The molecule has 0 bridgehead atoms. The number of benzene rings is 2. The molecular weight excluding hydrogens is 300 g/mol. The fraction of sp³-hybridized carbons (Fsp3) is 0.250. The van der Waals surface area contributed by atoms with Crippen molar-refractivity contribution in [2.45, 2.75) is 12.3 Å². The van der Waals surface area contributed by atoms with Crippen LogP contribution in [-0.4, -0.2) is 25.2 Å². The molecule has 2 heterocycles. The molecule has 1 aliphatic heterocycles. The first-order valence-corrected chi connectivity index (χ1v) is 8.25. The maximum Gasteiger partial charge on any atom is 0.138 e. The molecular formula is C20H20N2O2. The first kappa shape index (κ1) is 15.0. The summed E-state index contributed by atoms with van der Waals surface area (Å²) in [6.07, 6.45) is 2.88. The van der Waals surface area contributed by atoms with Gasteiger partial charge in [-0.3, -0.25) is 4.98 Å². The maximum absolute atomic E-state index is 6.06. The van der Waals surface area contributed by atoms with E-state index >= 15 is 0 Å². The highest BCUT2D eigenvalue weighted by Gasteiger charge is 2.18. The van der Waals surface area contributed by atoms with Gasteiger partial charge in [0, 0.05) is 36.8 Å². The zero-order valence-corrected chi connectivity index (χ0v) is 13.7. The Morgan fingerprint density at radius 1 is 1.12 bits per heavy atom. The van der Waals surface area contributed by atoms with E-state index in [-0.39, 0.29) is 0 Å². The van der Waals surface area contributed by atoms with Crippen molar-refractivity contribution in [2.24, 2.45) is 0 Å². The number of fused-ring (bicyclic) bond motifs is 1. The van der Waals surface area contributed by atoms with Gasteiger partial charge in [0.05, 0.1) is 12.1 Å². The lowest BCUT2D eigenvalue weighted by Gasteiger charge is -2.12. The van der Waals surface area contributed by atoms with Crippen molar-refractivity contribution in [1.29, 1.82) is 0 Å². The van der Waals surface area contributed by atoms with Crippen LogP contribution in [0.4, 0.5) is 5.69 Å². The first-order chi connectivity index (χ1) is 11.8. The molecule has 0 spiro atoms. The number of pyridine rings is 1. The number of nitrogens with one attached hydrogen (secondary N) is 1. The fourth-order valence-electron chi connectivity index (χ4n) is 3.10. The summed E-state index contributed by atoms with van der Waals surface area (Å²) in [7, 11) is 1.90. The minimum absolute atomic E-state index is 0.481. The van der Waals surface area contributed by atoms with Gasteiger partial charge >= 0.3 is 0 Å². The predicted octanol–water partition coefficient (Wildman–Crippen LogP) is 4.57. The van der Waals surface area contributed by atoms with E-state index < -0.39 is 0 Å². The summed E-state index contributed by atoms with van der Waals surface area (Å²) < 4.78 is 11.6. The smallest absolute Gasteiger partial charge is 0.138 e. The number of rotatable bonds is 4. The van der Waals surface area contributed by atoms with Gasteiger partial charge in [-0.2, -0.15) is 0 Å². The lowest BCUT2D eigenvalue weighted by Crippen LogP contribution is -1.98. The molecule has 1 fully saturated rings. The second-order valence-electron chi connectivity index (χ2n) is 6.02. The number of ether oxygens (including phenoxy) is 2. The molecule has 1 aromatic heterocycles. The SMILES string of the molecule is CNc1ccc(Oc2ccnc3cc([C@@H]4CCOC4)ccc23)cc1. The Kier molecular flexibility index (Phi) is 4.05. The van der Waals surface area contributed by atoms with Gasteiger partial charge in [0.1, 0.15) is 11.5 Å². The van der Waals surface area contributed by atoms with Gasteiger partial charge in [-0.15, -0.1) is 0 Å². The monoisotopic (exact) mass is 320 g/mol. The van der Waals surface area contributed by atoms with Crippen LogP contribution in [0.1, 0.15) is 17.9 Å². The molecule has 0 unspecified atom stereocenters. The third-order valence-corrected chi connectivity index (χ3v) is 4.50. The Hall–Kier alpha value is -2.59. The fourth-order valence-corrected chi connectivity index (χ4v) is 3.10. The van der Waals surface area contributed by atoms with Crippen LogP contribution in [0.5, 0.6) is 11.5 Å². The largest absolute Gasteiger partial charge is 0.457 e. The number of hydrogen-bond donors (Lipinski definition) is 1. The van der Waals surface area contributed by atoms with Crippen molar-refractivity contribution in [3.63, 3.8) is 0 Å². The highest BCUT2D eigenvalue weighted by Crippen LogP contribution is 2.32. The summed E-state index contributed by atoms with van der Waals surface area (Å²) >= 11 is 0. The van der Waals surface area contributed by atoms with Crippen LogP contribution >= 0.6 is 0 Å². The van der Waals surface area contributed by atoms with Crippen LogP contribution in [0.2, 0.25) is 0 Å². The van der Waals surface area contributed by atoms with Crippen molar-refractivity contribution >= 4 is 16.6 Å². The lowest BCUT2D eigenvalue weighted by molar-refractivity contribution is 0.194. The molecule has 3 aromatic rings. The summed E-state index contributed by atoms with van der Waals surface area (Å²) in [5.41, 5.74) is 3.32. The van der Waals surface area contributed by atoms with Crippen LogP contribution in [0.15, 0.2) is 54.7 Å². The minimum atomic E-state index is 0.481. The Labute approximate surface area is 141 Å². The van der Waals surface area contributed by atoms with Crippen molar-refractivity contribution in [3.05, 3.63) is 60.3 Å². The molecule has 122 valence electrons. The highest BCUT2D eigenvalue weighted by molar-refractivity contribution is 5.85. The summed E-state index contributed by atoms with van der Waals surface area (Å²) in [5, 5.41) is 4.13. The normalized spacial score (nSPS) is 17.1. The maximum atomic E-state index is 6.06. The zero-order chi connectivity index (χ0) is 16.4. The number of anilines is 1. The van der Waals surface area contributed by atoms with E-state index in [0.717, 1.165) is 47.7 Å². The molecule has 2 aromatic carbocycles. The van der Waals surface area contributed by atoms with Gasteiger partial charge < -0.3 is 14.8 Å². The van der Waals surface area contributed by atoms with Gasteiger partial charge in [0.15, 0.2) is 0 Å². The van der Waals surface area contributed by atoms with Gasteiger partial charge in [0.2, 0.25) is 0 Å². The second kappa shape index (κ2) is 6.49. The van der Waals surface area contributed by atoms with Crippen LogP contribution < -0.4 is 10.1 Å². The molecule has 4 rings (SSSR count). The first-order valence-electron chi connectivity index (χ1n) is 8.25. The van der Waals surface area contributed by atoms with E-state index in [2.05, 4.69) is 28.5 Å². The molecule has 0 radical (unpaired) electrons. The molecule has 1 saturated heterocycles. The van der Waals surface area contributed by atoms with Gasteiger partial charge in [-0.1, -0.05) is 6.07 Å². The van der Waals surface area contributed by atoms with Crippen LogP contribution in [0.3, 0.4) is 0 Å². The minimum Gasteiger partial charge on any atom is -0.457 e. The Morgan fingerprint density at radius 3 is 2.75 bits per heavy atom. The highest BCUT2D eigenvalue weighted by atomic mass is 16.5. The number of hydrogen-bond acceptors (Lipinski definition) is 4. The summed E-state index contributed by atoms with van der Waals surface area (Å²) in [5.74, 6) is 2.12. The van der Waals surface area contributed by atoms with Crippen LogP contribution in [0, 0.1) is 0 Å². The van der Waals surface area contributed by atoms with Gasteiger partial charge in [0.25, 0.3) is 0 Å². The molecule has 4 nitrogen and oxygen atoms in total. The van der Waals surface area contributed by atoms with Gasteiger partial charge in [-0.05, 0) is 54.4 Å². The molecule has 1 atom stereocenters. The Morgan fingerprint density at radius 2 is 2.00 bits per heavy atom. The van der Waals surface area contributed by atoms with Crippen LogP contribution in [-0.2, 0) is 4.74 Å². The molecule has 0 amide bonds. The van der Waals surface area contributed by atoms with E-state index in [1.807, 2.05) is 37.4 Å². The number of nitrogens with zero attached hydrogens (tertiary/aromatic N) is 1. The molecule has 0 aliphatic carbocycles. The Balaban J connectivity index is 1.65. The lowest BCUT2D eigenvalue weighted by atomic mass is 9.97. The van der Waals surface area contributed by atoms with Crippen molar-refractivity contribution < 1.29 is 9.47 Å². The second-order valence-corrected chi connectivity index (χ2v) is 6.02. The van der Waals surface area contributed by atoms with E-state index in [9.17, 15) is 0 Å². The van der Waals surface area contributed by atoms with Crippen molar-refractivity contribution in [2.75, 3.05) is 25.6 Å². The third kappa shape index (κ3) is 2.93. The topological polar surface area (TPSA) is 43.4 Å². The third-order valence-electron chi connectivity index (χ3n) is 4.50. The zero-order valence-electron chi connectivity index (χ0n) is 13.7. The molecule has 1 aliphatic rings. The summed E-state index contributed by atoms with van der Waals surface area (Å²) in [6.45, 7) is 1.65. The summed E-state index contributed by atoms with van der Waals surface area (Å²) in [6, 6.07) is 16.3. The van der Waals surface area contributed by atoms with E-state index in [4.69, 9.17) is 9.47 Å². The van der Waals surface area contributed by atoms with E-state index in [1.54, 1.807) is 6.20 Å². The van der Waals surface area contributed by atoms with E-state index in [1.165, 1.54) is 5.56 Å². The Bertz CT molecular complexity index is 840. The molecule has 0 saturated carbocycles. The van der Waals surface area contributed by atoms with Crippen molar-refractivity contribution in [1.82, 2.24) is 4.98 Å². The van der Waals surface area contributed by atoms with Crippen molar-refractivity contribution in [3.8, 4) is 11.5 Å². The van der Waals surface area contributed by atoms with Gasteiger partial charge in [-0.25, -0.2) is 0 Å². The molecule has 24 heavy (non-hydrogen) atoms.